The molecule has 0 bridgehead atoms. The zero-order valence-corrected chi connectivity index (χ0v) is 26.1. The molecular weight excluding hydrogens is 570 g/mol. The summed E-state index contributed by atoms with van der Waals surface area (Å²) in [6.45, 7) is 6.47. The molecule has 0 fully saturated rings. The summed E-state index contributed by atoms with van der Waals surface area (Å²) < 4.78 is 17.9. The molecule has 1 N–H and O–H groups in total. The first kappa shape index (κ1) is 30.2. The van der Waals surface area contributed by atoms with E-state index in [4.69, 9.17) is 14.2 Å². The number of hydrogen-bond acceptors (Lipinski definition) is 4. The molecule has 0 unspecified atom stereocenters. The minimum absolute atomic E-state index is 0.202. The van der Waals surface area contributed by atoms with Crippen molar-refractivity contribution in [1.82, 2.24) is 0 Å². The fourth-order valence-corrected chi connectivity index (χ4v) is 5.03. The van der Waals surface area contributed by atoms with Crippen LogP contribution in [0.4, 0.5) is 5.69 Å². The van der Waals surface area contributed by atoms with Crippen molar-refractivity contribution >= 4 is 11.6 Å². The molecule has 46 heavy (non-hydrogen) atoms. The number of carbonyl (C=O) groups excluding carboxylic acids is 1. The monoisotopic (exact) mass is 605 g/mol. The molecule has 6 rings (SSSR count). The third kappa shape index (κ3) is 7.45. The van der Waals surface area contributed by atoms with E-state index in [-0.39, 0.29) is 11.3 Å². The van der Waals surface area contributed by atoms with Gasteiger partial charge in [0.15, 0.2) is 0 Å². The minimum Gasteiger partial charge on any atom is -0.457 e. The molecule has 0 aromatic heterocycles. The minimum atomic E-state index is -0.212. The second-order valence-electron chi connectivity index (χ2n) is 11.6. The normalized spacial score (nSPS) is 11.0. The molecule has 0 radical (unpaired) electrons. The molecule has 6 aromatic rings. The summed E-state index contributed by atoms with van der Waals surface area (Å²) in [7, 11) is 0. The van der Waals surface area contributed by atoms with Gasteiger partial charge in [-0.1, -0.05) is 74.0 Å². The van der Waals surface area contributed by atoms with E-state index in [0.717, 1.165) is 23.0 Å². The Morgan fingerprint density at radius 3 is 1.30 bits per heavy atom. The fraction of sp³-hybridized carbons (Fsp3) is 0.0976. The van der Waals surface area contributed by atoms with Crippen LogP contribution in [0.5, 0.6) is 34.5 Å². The van der Waals surface area contributed by atoms with Crippen molar-refractivity contribution in [2.45, 2.75) is 26.2 Å². The maximum Gasteiger partial charge on any atom is 0.255 e. The van der Waals surface area contributed by atoms with Crippen LogP contribution in [0.15, 0.2) is 152 Å². The first-order valence-electron chi connectivity index (χ1n) is 15.2. The molecule has 0 saturated carbocycles. The lowest BCUT2D eigenvalue weighted by Gasteiger charge is -2.26. The van der Waals surface area contributed by atoms with Crippen molar-refractivity contribution in [2.24, 2.45) is 0 Å². The standard InChI is InChI=1S/C41H35NO4/c1-29-9-19-35(20-10-29)45-37-23-13-31(14-24-37)41(2,3)32-15-25-38(26-16-32)46-39-27-17-33(18-28-39)42-40(43)30-11-21-36(22-12-30)44-34-7-5-4-6-8-34/h4-28H,1-3H3,(H,42,43). The van der Waals surface area contributed by atoms with E-state index >= 15 is 0 Å². The number of rotatable bonds is 10. The summed E-state index contributed by atoms with van der Waals surface area (Å²) in [6, 6.07) is 48.3. The summed E-state index contributed by atoms with van der Waals surface area (Å²) in [5.41, 5.74) is 4.56. The van der Waals surface area contributed by atoms with Crippen molar-refractivity contribution < 1.29 is 19.0 Å². The van der Waals surface area contributed by atoms with Gasteiger partial charge in [-0.05, 0) is 115 Å². The van der Waals surface area contributed by atoms with Crippen LogP contribution < -0.4 is 19.5 Å². The summed E-state index contributed by atoms with van der Waals surface area (Å²) in [6.07, 6.45) is 0. The van der Waals surface area contributed by atoms with Gasteiger partial charge in [-0.15, -0.1) is 0 Å². The molecule has 0 heterocycles. The van der Waals surface area contributed by atoms with E-state index in [0.29, 0.717) is 22.7 Å². The van der Waals surface area contributed by atoms with E-state index in [2.05, 4.69) is 50.4 Å². The highest BCUT2D eigenvalue weighted by Crippen LogP contribution is 2.35. The van der Waals surface area contributed by atoms with Gasteiger partial charge in [-0.3, -0.25) is 4.79 Å². The summed E-state index contributed by atoms with van der Waals surface area (Å²) in [5.74, 6) is 4.25. The fourth-order valence-electron chi connectivity index (χ4n) is 5.03. The van der Waals surface area contributed by atoms with Crippen molar-refractivity contribution in [1.29, 1.82) is 0 Å². The molecule has 0 atom stereocenters. The molecule has 5 heteroatoms. The molecule has 6 aromatic carbocycles. The van der Waals surface area contributed by atoms with Crippen LogP contribution in [0.1, 0.15) is 40.9 Å². The third-order valence-electron chi connectivity index (χ3n) is 7.85. The average Bonchev–Trinajstić information content (AvgIpc) is 3.08. The molecular formula is C41H35NO4. The number of carbonyl (C=O) groups is 1. The quantitative estimate of drug-likeness (QED) is 0.169. The Kier molecular flexibility index (Phi) is 8.84. The van der Waals surface area contributed by atoms with E-state index in [1.165, 1.54) is 16.7 Å². The Morgan fingerprint density at radius 1 is 0.478 bits per heavy atom. The molecule has 0 aliphatic rings. The van der Waals surface area contributed by atoms with Gasteiger partial charge in [0.1, 0.15) is 34.5 Å². The second kappa shape index (κ2) is 13.4. The number of benzene rings is 6. The Hall–Kier alpha value is -5.81. The Balaban J connectivity index is 1.03. The Labute approximate surface area is 270 Å². The predicted octanol–water partition coefficient (Wildman–Crippen LogP) is 11.0. The first-order valence-corrected chi connectivity index (χ1v) is 15.2. The van der Waals surface area contributed by atoms with Gasteiger partial charge in [-0.25, -0.2) is 0 Å². The van der Waals surface area contributed by atoms with Crippen molar-refractivity contribution in [2.75, 3.05) is 5.32 Å². The van der Waals surface area contributed by atoms with Crippen LogP contribution in [0, 0.1) is 6.92 Å². The average molecular weight is 606 g/mol. The third-order valence-corrected chi connectivity index (χ3v) is 7.85. The van der Waals surface area contributed by atoms with Crippen LogP contribution >= 0.6 is 0 Å². The zero-order valence-electron chi connectivity index (χ0n) is 26.1. The van der Waals surface area contributed by atoms with Gasteiger partial charge in [0.25, 0.3) is 5.91 Å². The van der Waals surface area contributed by atoms with Crippen molar-refractivity contribution in [3.05, 3.63) is 174 Å². The lowest BCUT2D eigenvalue weighted by Crippen LogP contribution is -2.18. The Bertz CT molecular complexity index is 1880. The van der Waals surface area contributed by atoms with Crippen LogP contribution in [0.25, 0.3) is 0 Å². The highest BCUT2D eigenvalue weighted by atomic mass is 16.5. The maximum absolute atomic E-state index is 12.8. The van der Waals surface area contributed by atoms with Crippen LogP contribution in [0.3, 0.4) is 0 Å². The zero-order chi connectivity index (χ0) is 31.9. The molecule has 5 nitrogen and oxygen atoms in total. The smallest absolute Gasteiger partial charge is 0.255 e. The van der Waals surface area contributed by atoms with Gasteiger partial charge in [0.2, 0.25) is 0 Å². The SMILES string of the molecule is Cc1ccc(Oc2ccc(C(C)(C)c3ccc(Oc4ccc(NC(=O)c5ccc(Oc6ccccc6)cc5)cc4)cc3)cc2)cc1. The van der Waals surface area contributed by atoms with Gasteiger partial charge in [0, 0.05) is 16.7 Å². The van der Waals surface area contributed by atoms with E-state index in [1.807, 2.05) is 103 Å². The number of nitrogens with one attached hydrogen (secondary N) is 1. The number of hydrogen-bond donors (Lipinski definition) is 1. The molecule has 228 valence electrons. The Morgan fingerprint density at radius 2 is 0.848 bits per heavy atom. The molecule has 1 amide bonds. The predicted molar refractivity (Wildman–Crippen MR) is 184 cm³/mol. The lowest BCUT2D eigenvalue weighted by atomic mass is 9.78. The second-order valence-corrected chi connectivity index (χ2v) is 11.6. The van der Waals surface area contributed by atoms with Gasteiger partial charge in [0.05, 0.1) is 0 Å². The topological polar surface area (TPSA) is 56.8 Å². The summed E-state index contributed by atoms with van der Waals surface area (Å²) in [5, 5.41) is 2.93. The van der Waals surface area contributed by atoms with Gasteiger partial charge >= 0.3 is 0 Å². The van der Waals surface area contributed by atoms with E-state index in [1.54, 1.807) is 24.3 Å². The summed E-state index contributed by atoms with van der Waals surface area (Å²) >= 11 is 0. The molecule has 0 aliphatic carbocycles. The van der Waals surface area contributed by atoms with Crippen molar-refractivity contribution in [3.8, 4) is 34.5 Å². The van der Waals surface area contributed by atoms with E-state index < -0.39 is 0 Å². The number of ether oxygens (including phenoxy) is 3. The molecule has 0 aliphatic heterocycles. The largest absolute Gasteiger partial charge is 0.457 e. The lowest BCUT2D eigenvalue weighted by molar-refractivity contribution is 0.102. The van der Waals surface area contributed by atoms with E-state index in [9.17, 15) is 4.79 Å². The van der Waals surface area contributed by atoms with Gasteiger partial charge < -0.3 is 19.5 Å². The van der Waals surface area contributed by atoms with Crippen molar-refractivity contribution in [3.63, 3.8) is 0 Å². The first-order chi connectivity index (χ1) is 22.3. The molecule has 0 spiro atoms. The highest BCUT2D eigenvalue weighted by molar-refractivity contribution is 6.04. The number of anilines is 1. The van der Waals surface area contributed by atoms with Crippen LogP contribution in [-0.2, 0) is 5.41 Å². The van der Waals surface area contributed by atoms with Crippen LogP contribution in [0.2, 0.25) is 0 Å². The number of aryl methyl sites for hydroxylation is 1. The molecule has 0 saturated heterocycles. The van der Waals surface area contributed by atoms with Gasteiger partial charge in [-0.2, -0.15) is 0 Å². The maximum atomic E-state index is 12.8. The number of para-hydroxylation sites is 1. The summed E-state index contributed by atoms with van der Waals surface area (Å²) in [4.78, 5) is 12.8. The highest BCUT2D eigenvalue weighted by Gasteiger charge is 2.23. The number of amides is 1. The van der Waals surface area contributed by atoms with Crippen LogP contribution in [-0.4, -0.2) is 5.91 Å².